The number of nitrogens with two attached hydrogens (primary N) is 1. The second kappa shape index (κ2) is 5.87. The van der Waals surface area contributed by atoms with Crippen molar-refractivity contribution in [3.05, 3.63) is 42.2 Å². The van der Waals surface area contributed by atoms with E-state index >= 15 is 0 Å². The zero-order chi connectivity index (χ0) is 16.6. The summed E-state index contributed by atoms with van der Waals surface area (Å²) in [6.45, 7) is 1.80. The molecule has 3 aromatic rings. The number of anilines is 1. The summed E-state index contributed by atoms with van der Waals surface area (Å²) in [6, 6.07) is 7.22. The molecule has 4 N–H and O–H groups in total. The lowest BCUT2D eigenvalue weighted by molar-refractivity contribution is 0.415. The van der Waals surface area contributed by atoms with Crippen LogP contribution in [0.2, 0.25) is 0 Å². The molecule has 0 saturated carbocycles. The number of aromatic nitrogens is 2. The van der Waals surface area contributed by atoms with Crippen molar-refractivity contribution in [3.8, 4) is 16.9 Å². The average molecular weight is 309 g/mol. The lowest BCUT2D eigenvalue weighted by Gasteiger charge is -2.14. The minimum atomic E-state index is -1.55. The lowest BCUT2D eigenvalue weighted by Crippen LogP contribution is -2.32. The Hall–Kier alpha value is -2.64. The molecular weight excluding hydrogens is 293 g/mol. The van der Waals surface area contributed by atoms with Gasteiger partial charge in [0.15, 0.2) is 0 Å². The van der Waals surface area contributed by atoms with Crippen molar-refractivity contribution in [1.29, 1.82) is 0 Å². The first-order chi connectivity index (χ1) is 11.0. The maximum absolute atomic E-state index is 9.52. The summed E-state index contributed by atoms with van der Waals surface area (Å²) in [6.07, 6.45) is 3.29. The van der Waals surface area contributed by atoms with E-state index in [1.165, 1.54) is 0 Å². The molecule has 0 aliphatic rings. The van der Waals surface area contributed by atoms with Crippen molar-refractivity contribution in [2.24, 2.45) is 0 Å². The molecule has 0 fully saturated rings. The van der Waals surface area contributed by atoms with Crippen LogP contribution in [0.3, 0.4) is 0 Å². The molecule has 0 atom stereocenters. The number of rotatable bonds is 3. The Morgan fingerprint density at radius 2 is 1.96 bits per heavy atom. The number of fused-ring (bicyclic) bond motifs is 1. The van der Waals surface area contributed by atoms with Crippen LogP contribution in [0.4, 0.5) is 5.82 Å². The van der Waals surface area contributed by atoms with Gasteiger partial charge in [-0.3, -0.25) is 4.98 Å². The quantitative estimate of drug-likeness (QED) is 0.621. The Bertz CT molecular complexity index is 884. The fraction of sp³-hybridized carbons (Fsp3) is 0.125. The van der Waals surface area contributed by atoms with Gasteiger partial charge in [-0.15, -0.1) is 0 Å². The second-order valence-electron chi connectivity index (χ2n) is 5.27. The molecule has 3 rings (SSSR count). The molecular formula is C16H16BN3O3. The smallest absolute Gasteiger partial charge is 0.488 e. The van der Waals surface area contributed by atoms with Crippen LogP contribution in [0.15, 0.2) is 36.7 Å². The Kier molecular flexibility index (Phi) is 3.89. The van der Waals surface area contributed by atoms with E-state index in [2.05, 4.69) is 9.97 Å². The van der Waals surface area contributed by atoms with Gasteiger partial charge < -0.3 is 20.5 Å². The molecule has 0 saturated heterocycles. The highest BCUT2D eigenvalue weighted by molar-refractivity contribution is 6.59. The van der Waals surface area contributed by atoms with Gasteiger partial charge in [0.05, 0.1) is 7.11 Å². The lowest BCUT2D eigenvalue weighted by atomic mass is 9.76. The molecule has 0 spiro atoms. The largest absolute Gasteiger partial charge is 0.496 e. The number of pyridine rings is 2. The van der Waals surface area contributed by atoms with Crippen LogP contribution < -0.4 is 15.9 Å². The minimum Gasteiger partial charge on any atom is -0.496 e. The second-order valence-corrected chi connectivity index (χ2v) is 5.27. The Labute approximate surface area is 133 Å². The Morgan fingerprint density at radius 3 is 2.65 bits per heavy atom. The molecule has 7 heteroatoms. The topological polar surface area (TPSA) is 101 Å². The van der Waals surface area contributed by atoms with Crippen molar-refractivity contribution < 1.29 is 14.8 Å². The molecule has 0 unspecified atom stereocenters. The van der Waals surface area contributed by atoms with Gasteiger partial charge in [0.25, 0.3) is 0 Å². The van der Waals surface area contributed by atoms with Gasteiger partial charge in [-0.2, -0.15) is 0 Å². The maximum Gasteiger partial charge on any atom is 0.488 e. The SMILES string of the molecule is COc1cc(C)c(B(O)O)cc1-c1cnc2c(N)nccc2c1. The molecule has 0 radical (unpaired) electrons. The van der Waals surface area contributed by atoms with Gasteiger partial charge in [-0.05, 0) is 36.1 Å². The van der Waals surface area contributed by atoms with E-state index < -0.39 is 7.12 Å². The summed E-state index contributed by atoms with van der Waals surface area (Å²) in [5.74, 6) is 1.01. The van der Waals surface area contributed by atoms with Crippen molar-refractivity contribution in [2.75, 3.05) is 12.8 Å². The number of aryl methyl sites for hydroxylation is 1. The highest BCUT2D eigenvalue weighted by Gasteiger charge is 2.18. The molecule has 1 aromatic carbocycles. The van der Waals surface area contributed by atoms with E-state index in [4.69, 9.17) is 10.5 Å². The first-order valence-electron chi connectivity index (χ1n) is 7.06. The predicted molar refractivity (Wildman–Crippen MR) is 90.5 cm³/mol. The van der Waals surface area contributed by atoms with E-state index in [9.17, 15) is 10.0 Å². The van der Waals surface area contributed by atoms with Crippen LogP contribution in [0.25, 0.3) is 22.0 Å². The third kappa shape index (κ3) is 2.72. The number of hydrogen-bond donors (Lipinski definition) is 3. The van der Waals surface area contributed by atoms with E-state index in [1.807, 2.05) is 12.1 Å². The summed E-state index contributed by atoms with van der Waals surface area (Å²) in [5.41, 5.74) is 9.14. The zero-order valence-corrected chi connectivity index (χ0v) is 12.8. The summed E-state index contributed by atoms with van der Waals surface area (Å²) >= 11 is 0. The van der Waals surface area contributed by atoms with Crippen LogP contribution in [0.5, 0.6) is 5.75 Å². The molecule has 0 aliphatic heterocycles. The number of nitrogens with zero attached hydrogens (tertiary/aromatic N) is 2. The van der Waals surface area contributed by atoms with Crippen LogP contribution in [-0.2, 0) is 0 Å². The first kappa shape index (κ1) is 15.3. The number of methoxy groups -OCH3 is 1. The number of hydrogen-bond acceptors (Lipinski definition) is 6. The van der Waals surface area contributed by atoms with Gasteiger partial charge >= 0.3 is 7.12 Å². The van der Waals surface area contributed by atoms with Crippen LogP contribution >= 0.6 is 0 Å². The monoisotopic (exact) mass is 309 g/mol. The molecule has 2 heterocycles. The molecule has 2 aromatic heterocycles. The number of ether oxygens (including phenoxy) is 1. The van der Waals surface area contributed by atoms with Gasteiger partial charge in [-0.1, -0.05) is 6.07 Å². The normalized spacial score (nSPS) is 10.8. The van der Waals surface area contributed by atoms with E-state index in [-0.39, 0.29) is 0 Å². The minimum absolute atomic E-state index is 0.372. The summed E-state index contributed by atoms with van der Waals surface area (Å²) < 4.78 is 5.42. The van der Waals surface area contributed by atoms with E-state index in [1.54, 1.807) is 38.6 Å². The number of nitrogen functional groups attached to an aromatic ring is 1. The van der Waals surface area contributed by atoms with Crippen molar-refractivity contribution >= 4 is 29.3 Å². The molecule has 0 aliphatic carbocycles. The summed E-state index contributed by atoms with van der Waals surface area (Å²) in [7, 11) is 0.0249. The van der Waals surface area contributed by atoms with E-state index in [0.29, 0.717) is 22.5 Å². The highest BCUT2D eigenvalue weighted by Crippen LogP contribution is 2.31. The van der Waals surface area contributed by atoms with Crippen LogP contribution in [0, 0.1) is 6.92 Å². The predicted octanol–water partition coefficient (Wildman–Crippen LogP) is 0.876. The third-order valence-corrected chi connectivity index (χ3v) is 3.80. The Morgan fingerprint density at radius 1 is 1.17 bits per heavy atom. The molecule has 23 heavy (non-hydrogen) atoms. The summed E-state index contributed by atoms with van der Waals surface area (Å²) in [4.78, 5) is 8.38. The molecule has 0 bridgehead atoms. The first-order valence-corrected chi connectivity index (χ1v) is 7.06. The van der Waals surface area contributed by atoms with E-state index in [0.717, 1.165) is 22.1 Å². The highest BCUT2D eigenvalue weighted by atomic mass is 16.5. The van der Waals surface area contributed by atoms with Crippen molar-refractivity contribution in [1.82, 2.24) is 9.97 Å². The zero-order valence-electron chi connectivity index (χ0n) is 12.8. The fourth-order valence-electron chi connectivity index (χ4n) is 2.60. The molecule has 6 nitrogen and oxygen atoms in total. The van der Waals surface area contributed by atoms with Gasteiger partial charge in [0, 0.05) is 28.9 Å². The third-order valence-electron chi connectivity index (χ3n) is 3.80. The van der Waals surface area contributed by atoms with Crippen molar-refractivity contribution in [3.63, 3.8) is 0 Å². The molecule has 116 valence electrons. The average Bonchev–Trinajstić information content (AvgIpc) is 2.54. The van der Waals surface area contributed by atoms with Gasteiger partial charge in [0.2, 0.25) is 0 Å². The van der Waals surface area contributed by atoms with Crippen LogP contribution in [-0.4, -0.2) is 34.2 Å². The van der Waals surface area contributed by atoms with Gasteiger partial charge in [-0.25, -0.2) is 4.98 Å². The van der Waals surface area contributed by atoms with Crippen LogP contribution in [0.1, 0.15) is 5.56 Å². The Balaban J connectivity index is 2.23. The maximum atomic E-state index is 9.52. The number of benzene rings is 1. The fourth-order valence-corrected chi connectivity index (χ4v) is 2.60. The molecule has 0 amide bonds. The van der Waals surface area contributed by atoms with Gasteiger partial charge in [0.1, 0.15) is 17.1 Å². The summed E-state index contributed by atoms with van der Waals surface area (Å²) in [5, 5.41) is 19.9. The van der Waals surface area contributed by atoms with Crippen molar-refractivity contribution in [2.45, 2.75) is 6.92 Å². The standard InChI is InChI=1S/C16H16BN3O3/c1-9-5-14(23-2)12(7-13(9)17(21)22)11-6-10-3-4-19-16(18)15(10)20-8-11/h3-8,21-22H,1-2H3,(H2,18,19).